The number of hydrogen-bond acceptors (Lipinski definition) is 3. The van der Waals surface area contributed by atoms with Crippen LogP contribution >= 0.6 is 0 Å². The lowest BCUT2D eigenvalue weighted by Crippen LogP contribution is -2.30. The number of carbonyl (C=O) groups is 2. The molecule has 0 heterocycles. The summed E-state index contributed by atoms with van der Waals surface area (Å²) in [6, 6.07) is 27.0. The first kappa shape index (κ1) is 20.9. The molecule has 0 spiro atoms. The lowest BCUT2D eigenvalue weighted by atomic mass is 9.88. The van der Waals surface area contributed by atoms with Crippen LogP contribution in [-0.4, -0.2) is 25.1 Å². The highest BCUT2D eigenvalue weighted by atomic mass is 16.5. The third-order valence-electron chi connectivity index (χ3n) is 4.62. The molecule has 3 amide bonds. The summed E-state index contributed by atoms with van der Waals surface area (Å²) in [4.78, 5) is 23.0. The number of benzene rings is 3. The van der Waals surface area contributed by atoms with Crippen LogP contribution in [0.5, 0.6) is 5.75 Å². The fraction of sp³-hybridized carbons (Fsp3) is 0.167. The summed E-state index contributed by atoms with van der Waals surface area (Å²) in [6.45, 7) is 0.345. The summed E-state index contributed by atoms with van der Waals surface area (Å²) in [5.74, 6) is 0.170. The summed E-state index contributed by atoms with van der Waals surface area (Å²) in [7, 11) is 0. The molecule has 6 heteroatoms. The number of primary amides is 1. The molecule has 0 bridgehead atoms. The average Bonchev–Trinajstić information content (AvgIpc) is 2.77. The molecule has 0 unspecified atom stereocenters. The summed E-state index contributed by atoms with van der Waals surface area (Å²) in [5, 5.41) is 5.70. The molecule has 0 radical (unpaired) electrons. The zero-order valence-corrected chi connectivity index (χ0v) is 16.6. The van der Waals surface area contributed by atoms with Crippen LogP contribution in [0.4, 0.5) is 10.5 Å². The van der Waals surface area contributed by atoms with Gasteiger partial charge >= 0.3 is 6.03 Å². The fourth-order valence-electron chi connectivity index (χ4n) is 3.19. The van der Waals surface area contributed by atoms with Crippen molar-refractivity contribution in [2.45, 2.75) is 12.3 Å². The number of hydrogen-bond donors (Lipinski definition) is 3. The number of ether oxygens (including phenoxy) is 1. The Kier molecular flexibility index (Phi) is 7.44. The van der Waals surface area contributed by atoms with Crippen molar-refractivity contribution in [3.8, 4) is 5.75 Å². The summed E-state index contributed by atoms with van der Waals surface area (Å²) >= 11 is 0. The van der Waals surface area contributed by atoms with Crippen molar-refractivity contribution in [3.05, 3.63) is 96.1 Å². The lowest BCUT2D eigenvalue weighted by Gasteiger charge is -2.18. The molecule has 3 aromatic rings. The van der Waals surface area contributed by atoms with E-state index in [-0.39, 0.29) is 18.6 Å². The van der Waals surface area contributed by atoms with E-state index < -0.39 is 5.91 Å². The Labute approximate surface area is 176 Å². The molecule has 3 rings (SSSR count). The molecule has 3 aromatic carbocycles. The van der Waals surface area contributed by atoms with Gasteiger partial charge in [-0.15, -0.1) is 0 Å². The van der Waals surface area contributed by atoms with Crippen molar-refractivity contribution in [3.63, 3.8) is 0 Å². The number of rotatable bonds is 9. The van der Waals surface area contributed by atoms with E-state index in [1.54, 1.807) is 24.3 Å². The fourth-order valence-corrected chi connectivity index (χ4v) is 3.19. The maximum Gasteiger partial charge on any atom is 0.319 e. The number of carbonyl (C=O) groups excluding carboxylic acids is 2. The topological polar surface area (TPSA) is 93.5 Å². The second kappa shape index (κ2) is 10.7. The second-order valence-corrected chi connectivity index (χ2v) is 6.82. The number of amides is 3. The van der Waals surface area contributed by atoms with E-state index in [9.17, 15) is 9.59 Å². The average molecular weight is 403 g/mol. The Morgan fingerprint density at radius 3 is 1.93 bits per heavy atom. The first-order valence-corrected chi connectivity index (χ1v) is 9.78. The molecule has 0 aliphatic carbocycles. The van der Waals surface area contributed by atoms with E-state index >= 15 is 0 Å². The quantitative estimate of drug-likeness (QED) is 0.506. The zero-order valence-electron chi connectivity index (χ0n) is 16.6. The third kappa shape index (κ3) is 6.38. The maximum atomic E-state index is 12.3. The van der Waals surface area contributed by atoms with E-state index in [0.29, 0.717) is 18.0 Å². The first-order chi connectivity index (χ1) is 14.6. The van der Waals surface area contributed by atoms with Gasteiger partial charge in [0.25, 0.3) is 5.91 Å². The number of nitrogens with one attached hydrogen (secondary N) is 2. The highest BCUT2D eigenvalue weighted by Crippen LogP contribution is 2.27. The minimum Gasteiger partial charge on any atom is -0.484 e. The molecule has 4 N–H and O–H groups in total. The van der Waals surface area contributed by atoms with Crippen molar-refractivity contribution in [2.24, 2.45) is 5.73 Å². The Hall–Kier alpha value is -3.80. The van der Waals surface area contributed by atoms with E-state index in [4.69, 9.17) is 10.5 Å². The maximum absolute atomic E-state index is 12.3. The Balaban J connectivity index is 1.52. The van der Waals surface area contributed by atoms with E-state index in [1.807, 2.05) is 36.4 Å². The van der Waals surface area contributed by atoms with Gasteiger partial charge in [0.05, 0.1) is 0 Å². The van der Waals surface area contributed by atoms with Crippen LogP contribution in [0.3, 0.4) is 0 Å². The molecule has 0 aliphatic rings. The van der Waals surface area contributed by atoms with E-state index in [2.05, 4.69) is 34.9 Å². The van der Waals surface area contributed by atoms with Crippen LogP contribution in [0.1, 0.15) is 23.5 Å². The SMILES string of the molecule is NC(=O)COc1ccc(NC(=O)NCCC(c2ccccc2)c2ccccc2)cc1. The number of anilines is 1. The molecular weight excluding hydrogens is 378 g/mol. The molecular formula is C24H25N3O3. The van der Waals surface area contributed by atoms with Crippen molar-refractivity contribution in [2.75, 3.05) is 18.5 Å². The predicted octanol–water partition coefficient (Wildman–Crippen LogP) is 3.89. The zero-order chi connectivity index (χ0) is 21.2. The van der Waals surface area contributed by atoms with Crippen LogP contribution in [0, 0.1) is 0 Å². The molecule has 30 heavy (non-hydrogen) atoms. The van der Waals surface area contributed by atoms with Gasteiger partial charge in [-0.3, -0.25) is 4.79 Å². The standard InChI is InChI=1S/C24H25N3O3/c25-23(28)17-30-21-13-11-20(12-14-21)27-24(29)26-16-15-22(18-7-3-1-4-8-18)19-9-5-2-6-10-19/h1-14,22H,15-17H2,(H2,25,28)(H2,26,27,29). The molecule has 0 aromatic heterocycles. The van der Waals surface area contributed by atoms with Gasteiger partial charge in [-0.2, -0.15) is 0 Å². The smallest absolute Gasteiger partial charge is 0.319 e. The van der Waals surface area contributed by atoms with Gasteiger partial charge in [0.2, 0.25) is 0 Å². The number of urea groups is 1. The largest absolute Gasteiger partial charge is 0.484 e. The van der Waals surface area contributed by atoms with Gasteiger partial charge in [0.15, 0.2) is 6.61 Å². The molecule has 0 saturated carbocycles. The Morgan fingerprint density at radius 2 is 1.40 bits per heavy atom. The van der Waals surface area contributed by atoms with Crippen LogP contribution in [-0.2, 0) is 4.79 Å². The van der Waals surface area contributed by atoms with E-state index in [0.717, 1.165) is 6.42 Å². The first-order valence-electron chi connectivity index (χ1n) is 9.78. The minimum absolute atomic E-state index is 0.183. The highest BCUT2D eigenvalue weighted by molar-refractivity contribution is 5.89. The molecule has 0 aliphatic heterocycles. The highest BCUT2D eigenvalue weighted by Gasteiger charge is 2.14. The van der Waals surface area contributed by atoms with Crippen LogP contribution in [0.2, 0.25) is 0 Å². The normalized spacial score (nSPS) is 10.4. The van der Waals surface area contributed by atoms with Crippen molar-refractivity contribution in [1.29, 1.82) is 0 Å². The van der Waals surface area contributed by atoms with Gasteiger partial charge in [-0.05, 0) is 41.8 Å². The number of nitrogens with two attached hydrogens (primary N) is 1. The van der Waals surface area contributed by atoms with Crippen molar-refractivity contribution < 1.29 is 14.3 Å². The van der Waals surface area contributed by atoms with Gasteiger partial charge in [-0.25, -0.2) is 4.79 Å². The van der Waals surface area contributed by atoms with Crippen LogP contribution in [0.15, 0.2) is 84.9 Å². The second-order valence-electron chi connectivity index (χ2n) is 6.82. The molecule has 154 valence electrons. The van der Waals surface area contributed by atoms with Crippen molar-refractivity contribution in [1.82, 2.24) is 5.32 Å². The Bertz CT molecular complexity index is 905. The van der Waals surface area contributed by atoms with Gasteiger partial charge in [0, 0.05) is 18.2 Å². The summed E-state index contributed by atoms with van der Waals surface area (Å²) in [6.07, 6.45) is 0.779. The monoisotopic (exact) mass is 403 g/mol. The van der Waals surface area contributed by atoms with Crippen LogP contribution < -0.4 is 21.1 Å². The van der Waals surface area contributed by atoms with Gasteiger partial charge < -0.3 is 21.1 Å². The predicted molar refractivity (Wildman–Crippen MR) is 117 cm³/mol. The van der Waals surface area contributed by atoms with E-state index in [1.165, 1.54) is 11.1 Å². The van der Waals surface area contributed by atoms with Crippen molar-refractivity contribution >= 4 is 17.6 Å². The van der Waals surface area contributed by atoms with Gasteiger partial charge in [-0.1, -0.05) is 60.7 Å². The molecule has 0 atom stereocenters. The minimum atomic E-state index is -0.541. The lowest BCUT2D eigenvalue weighted by molar-refractivity contribution is -0.119. The third-order valence-corrected chi connectivity index (χ3v) is 4.62. The Morgan fingerprint density at radius 1 is 0.833 bits per heavy atom. The summed E-state index contributed by atoms with van der Waals surface area (Å²) in [5.41, 5.74) is 8.12. The van der Waals surface area contributed by atoms with Gasteiger partial charge in [0.1, 0.15) is 5.75 Å². The van der Waals surface area contributed by atoms with Crippen LogP contribution in [0.25, 0.3) is 0 Å². The molecule has 6 nitrogen and oxygen atoms in total. The summed E-state index contributed by atoms with van der Waals surface area (Å²) < 4.78 is 5.20. The molecule has 0 fully saturated rings. The molecule has 0 saturated heterocycles.